The van der Waals surface area contributed by atoms with Crippen LogP contribution in [0.3, 0.4) is 0 Å². The molecule has 0 spiro atoms. The van der Waals surface area contributed by atoms with Crippen LogP contribution in [0.5, 0.6) is 0 Å². The Labute approximate surface area is 331 Å². The minimum absolute atomic E-state index is 1.04. The van der Waals surface area contributed by atoms with E-state index in [-0.39, 0.29) is 0 Å². The first-order valence-electron chi connectivity index (χ1n) is 21.8. The first-order chi connectivity index (χ1) is 26.7. The molecule has 284 valence electrons. The zero-order valence-corrected chi connectivity index (χ0v) is 33.9. The van der Waals surface area contributed by atoms with E-state index < -0.39 is 0 Å². The van der Waals surface area contributed by atoms with Gasteiger partial charge in [0.2, 0.25) is 0 Å². The monoisotopic (exact) mass is 717 g/mol. The van der Waals surface area contributed by atoms with Crippen LogP contribution in [0.1, 0.15) is 187 Å². The highest BCUT2D eigenvalue weighted by molar-refractivity contribution is 5.70. The van der Waals surface area contributed by atoms with Gasteiger partial charge in [0.1, 0.15) is 0 Å². The maximum atomic E-state index is 3.34. The SMILES string of the molecule is CCCCCCCCCCCCc1ccc(C#Cc2ccc(C=Cc3ccc(C#Cc4ccc(CCCCCCCCCCCC)cc4)cc3)cc2)cc1. The van der Waals surface area contributed by atoms with E-state index in [1.807, 2.05) is 0 Å². The summed E-state index contributed by atoms with van der Waals surface area (Å²) in [5.41, 5.74) is 9.40. The third kappa shape index (κ3) is 18.7. The Morgan fingerprint density at radius 1 is 0.296 bits per heavy atom. The summed E-state index contributed by atoms with van der Waals surface area (Å²) in [4.78, 5) is 0. The molecule has 0 saturated carbocycles. The smallest absolute Gasteiger partial charge is 0.0249 e. The van der Waals surface area contributed by atoms with Crippen LogP contribution in [0, 0.1) is 23.7 Å². The summed E-state index contributed by atoms with van der Waals surface area (Å²) in [6, 6.07) is 34.7. The second-order valence-corrected chi connectivity index (χ2v) is 15.3. The predicted molar refractivity (Wildman–Crippen MR) is 238 cm³/mol. The lowest BCUT2D eigenvalue weighted by Crippen LogP contribution is -1.87. The van der Waals surface area contributed by atoms with Crippen LogP contribution in [0.25, 0.3) is 12.2 Å². The van der Waals surface area contributed by atoms with Gasteiger partial charge in [-0.15, -0.1) is 0 Å². The Bertz CT molecular complexity index is 1560. The van der Waals surface area contributed by atoms with E-state index in [0.717, 1.165) is 33.4 Å². The van der Waals surface area contributed by atoms with Crippen LogP contribution in [0.15, 0.2) is 97.1 Å². The summed E-state index contributed by atoms with van der Waals surface area (Å²) in [6.07, 6.45) is 34.3. The lowest BCUT2D eigenvalue weighted by atomic mass is 10.0. The van der Waals surface area contributed by atoms with E-state index >= 15 is 0 Å². The van der Waals surface area contributed by atoms with Gasteiger partial charge in [-0.2, -0.15) is 0 Å². The average Bonchev–Trinajstić information content (AvgIpc) is 3.21. The van der Waals surface area contributed by atoms with Crippen LogP contribution in [-0.4, -0.2) is 0 Å². The van der Waals surface area contributed by atoms with Crippen molar-refractivity contribution in [2.75, 3.05) is 0 Å². The quantitative estimate of drug-likeness (QED) is 0.0385. The van der Waals surface area contributed by atoms with E-state index in [1.54, 1.807) is 0 Å². The van der Waals surface area contributed by atoms with Crippen molar-refractivity contribution in [2.45, 2.75) is 155 Å². The summed E-state index contributed by atoms with van der Waals surface area (Å²) in [7, 11) is 0. The molecule has 0 unspecified atom stereocenters. The molecule has 0 amide bonds. The molecular formula is C54H68. The molecule has 4 rings (SSSR count). The third-order valence-corrected chi connectivity index (χ3v) is 10.5. The molecule has 0 radical (unpaired) electrons. The molecule has 0 atom stereocenters. The molecule has 54 heavy (non-hydrogen) atoms. The Hall–Kier alpha value is -4.26. The van der Waals surface area contributed by atoms with Crippen molar-refractivity contribution in [2.24, 2.45) is 0 Å². The molecule has 0 heteroatoms. The molecule has 0 aliphatic carbocycles. The fourth-order valence-corrected chi connectivity index (χ4v) is 6.98. The van der Waals surface area contributed by atoms with Gasteiger partial charge < -0.3 is 0 Å². The predicted octanol–water partition coefficient (Wildman–Crippen LogP) is 15.6. The Kier molecular flexibility index (Phi) is 21.5. The fraction of sp³-hybridized carbons (Fsp3) is 0.444. The molecule has 0 fully saturated rings. The maximum Gasteiger partial charge on any atom is 0.0249 e. The lowest BCUT2D eigenvalue weighted by molar-refractivity contribution is 0.556. The second-order valence-electron chi connectivity index (χ2n) is 15.3. The van der Waals surface area contributed by atoms with Crippen LogP contribution in [0.4, 0.5) is 0 Å². The van der Waals surface area contributed by atoms with E-state index in [9.17, 15) is 0 Å². The molecule has 0 bridgehead atoms. The van der Waals surface area contributed by atoms with Gasteiger partial charge in [0.25, 0.3) is 0 Å². The van der Waals surface area contributed by atoms with Gasteiger partial charge in [-0.1, -0.05) is 214 Å². The van der Waals surface area contributed by atoms with Gasteiger partial charge in [-0.05, 0) is 96.5 Å². The highest BCUT2D eigenvalue weighted by Crippen LogP contribution is 2.16. The number of hydrogen-bond acceptors (Lipinski definition) is 0. The molecule has 0 aliphatic rings. The molecule has 4 aromatic rings. The zero-order valence-electron chi connectivity index (χ0n) is 33.9. The Morgan fingerprint density at radius 3 is 0.815 bits per heavy atom. The molecule has 0 heterocycles. The van der Waals surface area contributed by atoms with Gasteiger partial charge in [-0.3, -0.25) is 0 Å². The summed E-state index contributed by atoms with van der Waals surface area (Å²) in [6.45, 7) is 4.58. The van der Waals surface area contributed by atoms with Crippen molar-refractivity contribution in [3.05, 3.63) is 142 Å². The minimum Gasteiger partial charge on any atom is -0.0654 e. The molecular weight excluding hydrogens is 649 g/mol. The second kappa shape index (κ2) is 27.3. The first-order valence-corrected chi connectivity index (χ1v) is 21.8. The number of rotatable bonds is 24. The molecule has 0 N–H and O–H groups in total. The van der Waals surface area contributed by atoms with Gasteiger partial charge in [0, 0.05) is 22.3 Å². The van der Waals surface area contributed by atoms with E-state index in [4.69, 9.17) is 0 Å². The standard InChI is InChI=1S/C54H68/c1-3-5-7-9-11-13-15-17-19-21-23-47-25-29-49(30-26-47)33-35-51-37-41-53(42-38-51)45-46-54-43-39-52(40-44-54)36-34-50-31-27-48(28-32-50)24-22-20-18-16-14-12-10-8-6-4-2/h25-32,37-46H,3-24H2,1-2H3. The van der Waals surface area contributed by atoms with E-state index in [1.165, 1.54) is 152 Å². The normalized spacial score (nSPS) is 10.9. The molecule has 0 saturated heterocycles. The van der Waals surface area contributed by atoms with Crippen molar-refractivity contribution in [3.8, 4) is 23.7 Å². The third-order valence-electron chi connectivity index (χ3n) is 10.5. The van der Waals surface area contributed by atoms with Crippen LogP contribution in [0.2, 0.25) is 0 Å². The Morgan fingerprint density at radius 2 is 0.537 bits per heavy atom. The van der Waals surface area contributed by atoms with Crippen LogP contribution < -0.4 is 0 Å². The first kappa shape index (κ1) is 42.5. The molecule has 4 aromatic carbocycles. The van der Waals surface area contributed by atoms with Crippen LogP contribution >= 0.6 is 0 Å². The van der Waals surface area contributed by atoms with Crippen molar-refractivity contribution < 1.29 is 0 Å². The number of aryl methyl sites for hydroxylation is 2. The summed E-state index contributed by atoms with van der Waals surface area (Å²) in [5.74, 6) is 13.4. The van der Waals surface area contributed by atoms with Crippen molar-refractivity contribution in [3.63, 3.8) is 0 Å². The zero-order chi connectivity index (χ0) is 37.7. The molecule has 0 aliphatic heterocycles. The summed E-state index contributed by atoms with van der Waals surface area (Å²) in [5, 5.41) is 0. The average molecular weight is 717 g/mol. The van der Waals surface area contributed by atoms with Gasteiger partial charge >= 0.3 is 0 Å². The molecule has 0 nitrogen and oxygen atoms in total. The van der Waals surface area contributed by atoms with Crippen LogP contribution in [-0.2, 0) is 12.8 Å². The number of hydrogen-bond donors (Lipinski definition) is 0. The van der Waals surface area contributed by atoms with Crippen molar-refractivity contribution in [1.82, 2.24) is 0 Å². The largest absolute Gasteiger partial charge is 0.0654 e. The fourth-order valence-electron chi connectivity index (χ4n) is 6.98. The Balaban J connectivity index is 1.11. The summed E-state index contributed by atoms with van der Waals surface area (Å²) >= 11 is 0. The van der Waals surface area contributed by atoms with Crippen molar-refractivity contribution >= 4 is 12.2 Å². The number of benzene rings is 4. The topological polar surface area (TPSA) is 0 Å². The maximum absolute atomic E-state index is 3.34. The molecule has 0 aromatic heterocycles. The van der Waals surface area contributed by atoms with Gasteiger partial charge in [0.15, 0.2) is 0 Å². The summed E-state index contributed by atoms with van der Waals surface area (Å²) < 4.78 is 0. The van der Waals surface area contributed by atoms with Gasteiger partial charge in [-0.25, -0.2) is 0 Å². The lowest BCUT2D eigenvalue weighted by Gasteiger charge is -2.03. The van der Waals surface area contributed by atoms with E-state index in [0.29, 0.717) is 0 Å². The minimum atomic E-state index is 1.04. The van der Waals surface area contributed by atoms with E-state index in [2.05, 4.69) is 147 Å². The van der Waals surface area contributed by atoms with Crippen molar-refractivity contribution in [1.29, 1.82) is 0 Å². The number of unbranched alkanes of at least 4 members (excludes halogenated alkanes) is 18. The van der Waals surface area contributed by atoms with Gasteiger partial charge in [0.05, 0.1) is 0 Å². The highest BCUT2D eigenvalue weighted by atomic mass is 14.0. The highest BCUT2D eigenvalue weighted by Gasteiger charge is 1.99.